The van der Waals surface area contributed by atoms with Crippen LogP contribution in [0, 0.1) is 0 Å². The maximum atomic E-state index is 5.22. The molecule has 0 radical (unpaired) electrons. The van der Waals surface area contributed by atoms with Gasteiger partial charge in [0, 0.05) is 38.4 Å². The molecule has 0 amide bonds. The first-order chi connectivity index (χ1) is 9.28. The SMILES string of the molecule is CCNC(=S)NC1CCN(Cc2ccccn2)CC1. The van der Waals surface area contributed by atoms with Crippen LogP contribution in [0.1, 0.15) is 25.5 Å². The van der Waals surface area contributed by atoms with Gasteiger partial charge in [0.05, 0.1) is 5.69 Å². The summed E-state index contributed by atoms with van der Waals surface area (Å²) in [5, 5.41) is 7.31. The summed E-state index contributed by atoms with van der Waals surface area (Å²) in [5.41, 5.74) is 1.15. The predicted octanol–water partition coefficient (Wildman–Crippen LogP) is 1.53. The van der Waals surface area contributed by atoms with E-state index in [0.29, 0.717) is 6.04 Å². The Kier molecular flexibility index (Phi) is 5.54. The van der Waals surface area contributed by atoms with Crippen molar-refractivity contribution in [3.05, 3.63) is 30.1 Å². The van der Waals surface area contributed by atoms with Gasteiger partial charge >= 0.3 is 0 Å². The average molecular weight is 278 g/mol. The minimum absolute atomic E-state index is 0.506. The van der Waals surface area contributed by atoms with E-state index in [-0.39, 0.29) is 0 Å². The normalized spacial score (nSPS) is 17.1. The van der Waals surface area contributed by atoms with E-state index in [0.717, 1.165) is 49.8 Å². The van der Waals surface area contributed by atoms with Crippen LogP contribution in [0.5, 0.6) is 0 Å². The highest BCUT2D eigenvalue weighted by atomic mass is 32.1. The Morgan fingerprint density at radius 3 is 2.84 bits per heavy atom. The van der Waals surface area contributed by atoms with Gasteiger partial charge in [-0.2, -0.15) is 0 Å². The van der Waals surface area contributed by atoms with Gasteiger partial charge in [0.15, 0.2) is 5.11 Å². The molecule has 2 N–H and O–H groups in total. The highest BCUT2D eigenvalue weighted by Gasteiger charge is 2.19. The van der Waals surface area contributed by atoms with Crippen LogP contribution < -0.4 is 10.6 Å². The molecule has 1 saturated heterocycles. The van der Waals surface area contributed by atoms with Crippen LogP contribution in [0.4, 0.5) is 0 Å². The Morgan fingerprint density at radius 2 is 2.21 bits per heavy atom. The fraction of sp³-hybridized carbons (Fsp3) is 0.571. The first-order valence-electron chi connectivity index (χ1n) is 6.94. The molecule has 4 nitrogen and oxygen atoms in total. The van der Waals surface area contributed by atoms with E-state index in [9.17, 15) is 0 Å². The molecule has 1 aliphatic rings. The number of nitrogens with zero attached hydrogens (tertiary/aromatic N) is 2. The van der Waals surface area contributed by atoms with E-state index in [1.54, 1.807) is 0 Å². The molecular weight excluding hydrogens is 256 g/mol. The van der Waals surface area contributed by atoms with Gasteiger partial charge in [-0.05, 0) is 44.1 Å². The third-order valence-corrected chi connectivity index (χ3v) is 3.63. The summed E-state index contributed by atoms with van der Waals surface area (Å²) < 4.78 is 0. The molecule has 5 heteroatoms. The number of pyridine rings is 1. The maximum Gasteiger partial charge on any atom is 0.166 e. The second-order valence-corrected chi connectivity index (χ2v) is 5.28. The van der Waals surface area contributed by atoms with Crippen molar-refractivity contribution in [1.82, 2.24) is 20.5 Å². The van der Waals surface area contributed by atoms with Crippen molar-refractivity contribution in [2.24, 2.45) is 0 Å². The van der Waals surface area contributed by atoms with Gasteiger partial charge in [-0.15, -0.1) is 0 Å². The smallest absolute Gasteiger partial charge is 0.166 e. The van der Waals surface area contributed by atoms with E-state index in [4.69, 9.17) is 12.2 Å². The third-order valence-electron chi connectivity index (χ3n) is 3.37. The standard InChI is InChI=1S/C14H22N4S/c1-2-15-14(19)17-12-6-9-18(10-7-12)11-13-5-3-4-8-16-13/h3-5,8,12H,2,6-7,9-11H2,1H3,(H2,15,17,19). The monoisotopic (exact) mass is 278 g/mol. The molecule has 19 heavy (non-hydrogen) atoms. The van der Waals surface area contributed by atoms with Gasteiger partial charge in [0.1, 0.15) is 0 Å². The van der Waals surface area contributed by atoms with E-state index >= 15 is 0 Å². The molecule has 1 aliphatic heterocycles. The summed E-state index contributed by atoms with van der Waals surface area (Å²) >= 11 is 5.22. The van der Waals surface area contributed by atoms with Crippen molar-refractivity contribution in [2.45, 2.75) is 32.4 Å². The Labute approximate surface area is 120 Å². The van der Waals surface area contributed by atoms with Crippen LogP contribution in [0.3, 0.4) is 0 Å². The first kappa shape index (κ1) is 14.2. The lowest BCUT2D eigenvalue weighted by molar-refractivity contribution is 0.197. The third kappa shape index (κ3) is 4.76. The van der Waals surface area contributed by atoms with Crippen LogP contribution in [0.15, 0.2) is 24.4 Å². The van der Waals surface area contributed by atoms with Crippen molar-refractivity contribution < 1.29 is 0 Å². The lowest BCUT2D eigenvalue weighted by Crippen LogP contribution is -2.47. The molecule has 0 spiro atoms. The van der Waals surface area contributed by atoms with Crippen molar-refractivity contribution in [3.63, 3.8) is 0 Å². The second-order valence-electron chi connectivity index (χ2n) is 4.88. The minimum Gasteiger partial charge on any atom is -0.363 e. The molecular formula is C14H22N4S. The number of rotatable bonds is 4. The van der Waals surface area contributed by atoms with Crippen molar-refractivity contribution >= 4 is 17.3 Å². The molecule has 0 unspecified atom stereocenters. The Balaban J connectivity index is 1.72. The van der Waals surface area contributed by atoms with Gasteiger partial charge in [-0.1, -0.05) is 6.07 Å². The fourth-order valence-corrected chi connectivity index (χ4v) is 2.66. The molecule has 1 aromatic rings. The van der Waals surface area contributed by atoms with Crippen LogP contribution in [0.25, 0.3) is 0 Å². The molecule has 2 heterocycles. The molecule has 0 bridgehead atoms. The molecule has 104 valence electrons. The molecule has 0 saturated carbocycles. The summed E-state index contributed by atoms with van der Waals surface area (Å²) in [7, 11) is 0. The summed E-state index contributed by atoms with van der Waals surface area (Å²) in [4.78, 5) is 6.83. The number of hydrogen-bond acceptors (Lipinski definition) is 3. The lowest BCUT2D eigenvalue weighted by atomic mass is 10.1. The van der Waals surface area contributed by atoms with Crippen molar-refractivity contribution in [2.75, 3.05) is 19.6 Å². The zero-order valence-corrected chi connectivity index (χ0v) is 12.2. The summed E-state index contributed by atoms with van der Waals surface area (Å²) in [5.74, 6) is 0. The fourth-order valence-electron chi connectivity index (χ4n) is 2.35. The maximum absolute atomic E-state index is 5.22. The summed E-state index contributed by atoms with van der Waals surface area (Å²) in [6.45, 7) is 6.09. The number of hydrogen-bond donors (Lipinski definition) is 2. The Hall–Kier alpha value is -1.20. The predicted molar refractivity (Wildman–Crippen MR) is 81.9 cm³/mol. The zero-order valence-electron chi connectivity index (χ0n) is 11.4. The Bertz CT molecular complexity index is 388. The topological polar surface area (TPSA) is 40.2 Å². The first-order valence-corrected chi connectivity index (χ1v) is 7.35. The number of thiocarbonyl (C=S) groups is 1. The van der Waals surface area contributed by atoms with Gasteiger partial charge < -0.3 is 10.6 Å². The summed E-state index contributed by atoms with van der Waals surface area (Å²) in [6.07, 6.45) is 4.13. The molecule has 2 rings (SSSR count). The Morgan fingerprint density at radius 1 is 1.42 bits per heavy atom. The van der Waals surface area contributed by atoms with Crippen LogP contribution in [-0.2, 0) is 6.54 Å². The van der Waals surface area contributed by atoms with Gasteiger partial charge in [0.2, 0.25) is 0 Å². The second kappa shape index (κ2) is 7.40. The van der Waals surface area contributed by atoms with Crippen LogP contribution in [-0.4, -0.2) is 40.7 Å². The molecule has 0 atom stereocenters. The van der Waals surface area contributed by atoms with Gasteiger partial charge in [-0.25, -0.2) is 0 Å². The number of likely N-dealkylation sites (tertiary alicyclic amines) is 1. The average Bonchev–Trinajstić information content (AvgIpc) is 2.42. The summed E-state index contributed by atoms with van der Waals surface area (Å²) in [6, 6.07) is 6.60. The highest BCUT2D eigenvalue weighted by Crippen LogP contribution is 2.12. The van der Waals surface area contributed by atoms with Crippen LogP contribution in [0.2, 0.25) is 0 Å². The van der Waals surface area contributed by atoms with E-state index in [1.807, 2.05) is 18.3 Å². The molecule has 1 aromatic heterocycles. The number of piperidine rings is 1. The zero-order chi connectivity index (χ0) is 13.5. The highest BCUT2D eigenvalue weighted by molar-refractivity contribution is 7.80. The van der Waals surface area contributed by atoms with Gasteiger partial charge in [-0.3, -0.25) is 9.88 Å². The van der Waals surface area contributed by atoms with Crippen LogP contribution >= 0.6 is 12.2 Å². The van der Waals surface area contributed by atoms with Crippen molar-refractivity contribution in [1.29, 1.82) is 0 Å². The van der Waals surface area contributed by atoms with Crippen molar-refractivity contribution in [3.8, 4) is 0 Å². The molecule has 1 fully saturated rings. The van der Waals surface area contributed by atoms with E-state index in [1.165, 1.54) is 0 Å². The van der Waals surface area contributed by atoms with E-state index in [2.05, 4.69) is 33.5 Å². The number of nitrogens with one attached hydrogen (secondary N) is 2. The largest absolute Gasteiger partial charge is 0.363 e. The lowest BCUT2D eigenvalue weighted by Gasteiger charge is -2.32. The molecule has 0 aromatic carbocycles. The van der Waals surface area contributed by atoms with E-state index < -0.39 is 0 Å². The van der Waals surface area contributed by atoms with Gasteiger partial charge in [0.25, 0.3) is 0 Å². The minimum atomic E-state index is 0.506. The quantitative estimate of drug-likeness (QED) is 0.818. The number of aromatic nitrogens is 1. The molecule has 0 aliphatic carbocycles.